The molecule has 0 saturated heterocycles. The molecule has 2 heterocycles. The van der Waals surface area contributed by atoms with Crippen LogP contribution in [-0.2, 0) is 6.42 Å². The molecular formula is C19H26N4. The van der Waals surface area contributed by atoms with Crippen LogP contribution in [0.4, 0.5) is 17.5 Å². The predicted octanol–water partition coefficient (Wildman–Crippen LogP) is 4.19. The highest BCUT2D eigenvalue weighted by Gasteiger charge is 2.20. The van der Waals surface area contributed by atoms with Crippen LogP contribution in [-0.4, -0.2) is 29.6 Å². The fourth-order valence-corrected chi connectivity index (χ4v) is 3.27. The largest absolute Gasteiger partial charge is 0.356 e. The monoisotopic (exact) mass is 310 g/mol. The number of fused-ring (bicyclic) bond motifs is 1. The third-order valence-electron chi connectivity index (χ3n) is 4.29. The number of nitrogens with zero attached hydrogens (tertiary/aromatic N) is 4. The Bertz CT molecular complexity index is 635. The molecule has 0 aliphatic carbocycles. The van der Waals surface area contributed by atoms with Gasteiger partial charge in [0.05, 0.1) is 0 Å². The van der Waals surface area contributed by atoms with E-state index in [2.05, 4.69) is 52.9 Å². The molecule has 1 aromatic heterocycles. The van der Waals surface area contributed by atoms with Crippen LogP contribution < -0.4 is 9.80 Å². The molecule has 0 atom stereocenters. The minimum Gasteiger partial charge on any atom is -0.356 e. The van der Waals surface area contributed by atoms with Gasteiger partial charge in [-0.1, -0.05) is 32.0 Å². The van der Waals surface area contributed by atoms with Crippen molar-refractivity contribution < 1.29 is 0 Å². The molecule has 23 heavy (non-hydrogen) atoms. The summed E-state index contributed by atoms with van der Waals surface area (Å²) in [6, 6.07) is 10.6. The predicted molar refractivity (Wildman–Crippen MR) is 96.6 cm³/mol. The molecule has 0 bridgehead atoms. The minimum atomic E-state index is 0.826. The van der Waals surface area contributed by atoms with Crippen molar-refractivity contribution in [1.82, 2.24) is 9.97 Å². The molecule has 3 rings (SSSR count). The average Bonchev–Trinajstić information content (AvgIpc) is 2.61. The molecule has 0 N–H and O–H groups in total. The second kappa shape index (κ2) is 7.44. The maximum atomic E-state index is 4.87. The molecule has 1 aliphatic heterocycles. The standard InChI is InChI=1S/C19H26N4/c1-3-13-22(14-4-2)18-11-12-20-19(21-18)23-15-7-9-16-8-5-6-10-17(16)23/h5-6,8,10-12H,3-4,7,9,13-15H2,1-2H3. The number of hydrogen-bond acceptors (Lipinski definition) is 4. The average molecular weight is 310 g/mol. The quantitative estimate of drug-likeness (QED) is 0.801. The number of anilines is 3. The van der Waals surface area contributed by atoms with Crippen LogP contribution >= 0.6 is 0 Å². The van der Waals surface area contributed by atoms with E-state index in [1.807, 2.05) is 12.3 Å². The van der Waals surface area contributed by atoms with E-state index in [0.29, 0.717) is 0 Å². The Morgan fingerprint density at radius 2 is 1.87 bits per heavy atom. The van der Waals surface area contributed by atoms with Crippen LogP contribution in [0.3, 0.4) is 0 Å². The maximum Gasteiger partial charge on any atom is 0.231 e. The lowest BCUT2D eigenvalue weighted by molar-refractivity contribution is 0.722. The number of aromatic nitrogens is 2. The molecular weight excluding hydrogens is 284 g/mol. The van der Waals surface area contributed by atoms with Gasteiger partial charge in [-0.15, -0.1) is 0 Å². The van der Waals surface area contributed by atoms with Gasteiger partial charge in [0.2, 0.25) is 5.95 Å². The van der Waals surface area contributed by atoms with Crippen molar-refractivity contribution >= 4 is 17.5 Å². The van der Waals surface area contributed by atoms with Crippen molar-refractivity contribution in [2.24, 2.45) is 0 Å². The summed E-state index contributed by atoms with van der Waals surface area (Å²) in [5.74, 6) is 1.87. The number of aryl methyl sites for hydroxylation is 1. The molecule has 2 aromatic rings. The molecule has 0 spiro atoms. The Balaban J connectivity index is 1.91. The second-order valence-electron chi connectivity index (χ2n) is 6.09. The lowest BCUT2D eigenvalue weighted by atomic mass is 10.0. The highest BCUT2D eigenvalue weighted by atomic mass is 15.3. The maximum absolute atomic E-state index is 4.87. The summed E-state index contributed by atoms with van der Waals surface area (Å²) in [6.07, 6.45) is 6.45. The van der Waals surface area contributed by atoms with Crippen LogP contribution in [0.15, 0.2) is 36.5 Å². The fourth-order valence-electron chi connectivity index (χ4n) is 3.27. The molecule has 4 nitrogen and oxygen atoms in total. The number of benzene rings is 1. The van der Waals surface area contributed by atoms with Crippen molar-refractivity contribution in [3.05, 3.63) is 42.1 Å². The van der Waals surface area contributed by atoms with Gasteiger partial charge in [-0.3, -0.25) is 0 Å². The van der Waals surface area contributed by atoms with Gasteiger partial charge >= 0.3 is 0 Å². The molecule has 122 valence electrons. The highest BCUT2D eigenvalue weighted by molar-refractivity contribution is 5.64. The lowest BCUT2D eigenvalue weighted by Crippen LogP contribution is -2.29. The molecule has 1 aromatic carbocycles. The van der Waals surface area contributed by atoms with Gasteiger partial charge in [-0.2, -0.15) is 4.98 Å². The molecule has 0 saturated carbocycles. The summed E-state index contributed by atoms with van der Waals surface area (Å²) in [6.45, 7) is 7.50. The van der Waals surface area contributed by atoms with Crippen molar-refractivity contribution in [3.8, 4) is 0 Å². The van der Waals surface area contributed by atoms with E-state index in [0.717, 1.165) is 57.1 Å². The molecule has 0 fully saturated rings. The summed E-state index contributed by atoms with van der Waals surface area (Å²) in [4.78, 5) is 14.1. The fraction of sp³-hybridized carbons (Fsp3) is 0.474. The van der Waals surface area contributed by atoms with Gasteiger partial charge in [-0.05, 0) is 43.4 Å². The van der Waals surface area contributed by atoms with E-state index in [1.165, 1.54) is 11.3 Å². The van der Waals surface area contributed by atoms with E-state index in [9.17, 15) is 0 Å². The Kier molecular flexibility index (Phi) is 5.11. The zero-order valence-corrected chi connectivity index (χ0v) is 14.2. The minimum absolute atomic E-state index is 0.826. The Morgan fingerprint density at radius 3 is 2.65 bits per heavy atom. The molecule has 4 heteroatoms. The van der Waals surface area contributed by atoms with Gasteiger partial charge in [0.25, 0.3) is 0 Å². The first kappa shape index (κ1) is 15.8. The third-order valence-corrected chi connectivity index (χ3v) is 4.29. The van der Waals surface area contributed by atoms with Crippen LogP contribution in [0, 0.1) is 0 Å². The van der Waals surface area contributed by atoms with Crippen LogP contribution in [0.5, 0.6) is 0 Å². The van der Waals surface area contributed by atoms with Crippen molar-refractivity contribution in [1.29, 1.82) is 0 Å². The number of rotatable bonds is 6. The zero-order chi connectivity index (χ0) is 16.1. The van der Waals surface area contributed by atoms with Gasteiger partial charge in [-0.25, -0.2) is 4.98 Å². The SMILES string of the molecule is CCCN(CCC)c1ccnc(N2CCCc3ccccc32)n1. The third kappa shape index (κ3) is 3.46. The summed E-state index contributed by atoms with van der Waals surface area (Å²) in [7, 11) is 0. The molecule has 1 aliphatic rings. The Hall–Kier alpha value is -2.10. The van der Waals surface area contributed by atoms with E-state index in [4.69, 9.17) is 4.98 Å². The van der Waals surface area contributed by atoms with Gasteiger partial charge < -0.3 is 9.80 Å². The topological polar surface area (TPSA) is 32.3 Å². The summed E-state index contributed by atoms with van der Waals surface area (Å²) in [5, 5.41) is 0. The normalized spacial score (nSPS) is 13.7. The molecule has 0 amide bonds. The van der Waals surface area contributed by atoms with Crippen molar-refractivity contribution in [3.63, 3.8) is 0 Å². The highest BCUT2D eigenvalue weighted by Crippen LogP contribution is 2.31. The van der Waals surface area contributed by atoms with E-state index in [1.54, 1.807) is 0 Å². The van der Waals surface area contributed by atoms with E-state index < -0.39 is 0 Å². The first-order valence-electron chi connectivity index (χ1n) is 8.77. The summed E-state index contributed by atoms with van der Waals surface area (Å²) >= 11 is 0. The second-order valence-corrected chi connectivity index (χ2v) is 6.09. The number of para-hydroxylation sites is 1. The first-order chi connectivity index (χ1) is 11.3. The van der Waals surface area contributed by atoms with Crippen molar-refractivity contribution in [2.75, 3.05) is 29.4 Å². The van der Waals surface area contributed by atoms with Gasteiger partial charge in [0, 0.05) is 31.5 Å². The number of hydrogen-bond donors (Lipinski definition) is 0. The molecule has 0 radical (unpaired) electrons. The molecule has 0 unspecified atom stereocenters. The van der Waals surface area contributed by atoms with Gasteiger partial charge in [0.1, 0.15) is 5.82 Å². The summed E-state index contributed by atoms with van der Waals surface area (Å²) < 4.78 is 0. The summed E-state index contributed by atoms with van der Waals surface area (Å²) in [5.41, 5.74) is 2.65. The zero-order valence-electron chi connectivity index (χ0n) is 14.2. The Labute approximate surface area is 139 Å². The smallest absolute Gasteiger partial charge is 0.231 e. The van der Waals surface area contributed by atoms with E-state index in [-0.39, 0.29) is 0 Å². The van der Waals surface area contributed by atoms with Crippen LogP contribution in [0.2, 0.25) is 0 Å². The van der Waals surface area contributed by atoms with Gasteiger partial charge in [0.15, 0.2) is 0 Å². The lowest BCUT2D eigenvalue weighted by Gasteiger charge is -2.30. The van der Waals surface area contributed by atoms with Crippen molar-refractivity contribution in [2.45, 2.75) is 39.5 Å². The van der Waals surface area contributed by atoms with Crippen LogP contribution in [0.1, 0.15) is 38.7 Å². The van der Waals surface area contributed by atoms with E-state index >= 15 is 0 Å². The first-order valence-corrected chi connectivity index (χ1v) is 8.77. The van der Waals surface area contributed by atoms with Crippen LogP contribution in [0.25, 0.3) is 0 Å². The Morgan fingerprint density at radius 1 is 1.09 bits per heavy atom.